The van der Waals surface area contributed by atoms with Crippen molar-refractivity contribution in [3.63, 3.8) is 0 Å². The number of thioether (sulfide) groups is 1. The third-order valence-electron chi connectivity index (χ3n) is 4.59. The highest BCUT2D eigenvalue weighted by Crippen LogP contribution is 2.23. The molecule has 3 aromatic rings. The fraction of sp³-hybridized carbons (Fsp3) is 0.273. The van der Waals surface area contributed by atoms with Crippen LogP contribution in [-0.2, 0) is 11.3 Å². The molecular formula is C22H24ClN5O2S. The molecule has 2 N–H and O–H groups in total. The molecule has 0 fully saturated rings. The number of carbonyl (C=O) groups excluding carboxylic acids is 2. The van der Waals surface area contributed by atoms with E-state index in [2.05, 4.69) is 20.8 Å². The zero-order valence-electron chi connectivity index (χ0n) is 17.6. The lowest BCUT2D eigenvalue weighted by molar-refractivity contribution is -0.113. The minimum atomic E-state index is -0.340. The van der Waals surface area contributed by atoms with Crippen molar-refractivity contribution >= 4 is 40.9 Å². The maximum Gasteiger partial charge on any atom is 0.251 e. The van der Waals surface area contributed by atoms with Crippen molar-refractivity contribution in [1.82, 2.24) is 20.1 Å². The minimum absolute atomic E-state index is 0.160. The molecule has 1 aromatic heterocycles. The van der Waals surface area contributed by atoms with Crippen molar-refractivity contribution in [2.45, 2.75) is 38.5 Å². The predicted molar refractivity (Wildman–Crippen MR) is 124 cm³/mol. The van der Waals surface area contributed by atoms with E-state index in [1.165, 1.54) is 11.8 Å². The lowest BCUT2D eigenvalue weighted by Crippen LogP contribution is -2.28. The van der Waals surface area contributed by atoms with E-state index in [0.717, 1.165) is 5.56 Å². The first kappa shape index (κ1) is 22.8. The zero-order chi connectivity index (χ0) is 22.4. The molecule has 2 aromatic carbocycles. The number of nitrogens with one attached hydrogen (secondary N) is 2. The number of hydrogen-bond acceptors (Lipinski definition) is 5. The van der Waals surface area contributed by atoms with Crippen molar-refractivity contribution in [2.75, 3.05) is 11.1 Å². The summed E-state index contributed by atoms with van der Waals surface area (Å²) in [5.41, 5.74) is 2.25. The number of carbonyl (C=O) groups is 2. The van der Waals surface area contributed by atoms with Crippen molar-refractivity contribution in [3.8, 4) is 0 Å². The molecule has 0 aliphatic carbocycles. The normalized spacial score (nSPS) is 11.7. The Kier molecular flexibility index (Phi) is 7.70. The zero-order valence-corrected chi connectivity index (χ0v) is 19.1. The van der Waals surface area contributed by atoms with Crippen LogP contribution in [0.4, 0.5) is 5.69 Å². The topological polar surface area (TPSA) is 88.9 Å². The van der Waals surface area contributed by atoms with Gasteiger partial charge in [-0.25, -0.2) is 0 Å². The smallest absolute Gasteiger partial charge is 0.251 e. The second kappa shape index (κ2) is 10.5. The fourth-order valence-electron chi connectivity index (χ4n) is 2.95. The molecule has 1 atom stereocenters. The number of halogens is 1. The van der Waals surface area contributed by atoms with Crippen molar-refractivity contribution in [2.24, 2.45) is 0 Å². The van der Waals surface area contributed by atoms with Gasteiger partial charge in [-0.15, -0.1) is 10.2 Å². The third kappa shape index (κ3) is 5.86. The number of rotatable bonds is 8. The lowest BCUT2D eigenvalue weighted by atomic mass is 10.1. The summed E-state index contributed by atoms with van der Waals surface area (Å²) < 4.78 is 1.90. The van der Waals surface area contributed by atoms with Gasteiger partial charge >= 0.3 is 0 Å². The Morgan fingerprint density at radius 2 is 1.84 bits per heavy atom. The SMILES string of the molecule is CCn1c(SCC(=O)Nc2ccccc2Cl)nnc1[C@H](C)NC(=O)c1ccc(C)cc1. The van der Waals surface area contributed by atoms with Gasteiger partial charge in [0.2, 0.25) is 5.91 Å². The molecule has 7 nitrogen and oxygen atoms in total. The van der Waals surface area contributed by atoms with E-state index in [0.29, 0.717) is 33.8 Å². The van der Waals surface area contributed by atoms with Gasteiger partial charge in [-0.2, -0.15) is 0 Å². The number of hydrogen-bond donors (Lipinski definition) is 2. The summed E-state index contributed by atoms with van der Waals surface area (Å²) in [5.74, 6) is 0.433. The lowest BCUT2D eigenvalue weighted by Gasteiger charge is -2.15. The Labute approximate surface area is 190 Å². The van der Waals surface area contributed by atoms with E-state index in [-0.39, 0.29) is 23.6 Å². The first-order chi connectivity index (χ1) is 14.9. The van der Waals surface area contributed by atoms with Crippen LogP contribution < -0.4 is 10.6 Å². The molecule has 0 radical (unpaired) electrons. The largest absolute Gasteiger partial charge is 0.342 e. The molecule has 162 valence electrons. The summed E-state index contributed by atoms with van der Waals surface area (Å²) in [7, 11) is 0. The molecule has 0 aliphatic rings. The van der Waals surface area contributed by atoms with Gasteiger partial charge in [-0.05, 0) is 45.0 Å². The van der Waals surface area contributed by atoms with E-state index in [1.54, 1.807) is 36.4 Å². The number of para-hydroxylation sites is 1. The highest BCUT2D eigenvalue weighted by atomic mass is 35.5. The van der Waals surface area contributed by atoms with E-state index < -0.39 is 0 Å². The van der Waals surface area contributed by atoms with Crippen LogP contribution in [-0.4, -0.2) is 32.3 Å². The number of amides is 2. The van der Waals surface area contributed by atoms with Gasteiger partial charge in [-0.1, -0.05) is 53.2 Å². The van der Waals surface area contributed by atoms with E-state index in [1.807, 2.05) is 37.5 Å². The van der Waals surface area contributed by atoms with E-state index >= 15 is 0 Å². The molecule has 1 heterocycles. The minimum Gasteiger partial charge on any atom is -0.342 e. The highest BCUT2D eigenvalue weighted by molar-refractivity contribution is 7.99. The monoisotopic (exact) mass is 457 g/mol. The molecule has 0 spiro atoms. The van der Waals surface area contributed by atoms with Crippen molar-refractivity contribution < 1.29 is 9.59 Å². The van der Waals surface area contributed by atoms with Gasteiger partial charge in [0.1, 0.15) is 0 Å². The van der Waals surface area contributed by atoms with Crippen LogP contribution in [0.1, 0.15) is 41.6 Å². The molecule has 0 aliphatic heterocycles. The van der Waals surface area contributed by atoms with Gasteiger partial charge in [0.15, 0.2) is 11.0 Å². The Morgan fingerprint density at radius 3 is 2.52 bits per heavy atom. The van der Waals surface area contributed by atoms with E-state index in [9.17, 15) is 9.59 Å². The summed E-state index contributed by atoms with van der Waals surface area (Å²) in [6, 6.07) is 14.1. The molecule has 9 heteroatoms. The average molecular weight is 458 g/mol. The summed E-state index contributed by atoms with van der Waals surface area (Å²) in [6.45, 7) is 6.42. The Balaban J connectivity index is 1.63. The van der Waals surface area contributed by atoms with Crippen LogP contribution in [0.3, 0.4) is 0 Å². The number of aryl methyl sites for hydroxylation is 1. The van der Waals surface area contributed by atoms with Crippen LogP contribution in [0.15, 0.2) is 53.7 Å². The Hall–Kier alpha value is -2.84. The number of nitrogens with zero attached hydrogens (tertiary/aromatic N) is 3. The molecule has 31 heavy (non-hydrogen) atoms. The number of anilines is 1. The Bertz CT molecular complexity index is 1070. The van der Waals surface area contributed by atoms with Gasteiger partial charge in [-0.3, -0.25) is 9.59 Å². The second-order valence-electron chi connectivity index (χ2n) is 6.96. The van der Waals surface area contributed by atoms with E-state index in [4.69, 9.17) is 11.6 Å². The second-order valence-corrected chi connectivity index (χ2v) is 8.31. The van der Waals surface area contributed by atoms with Gasteiger partial charge < -0.3 is 15.2 Å². The van der Waals surface area contributed by atoms with Crippen LogP contribution in [0.2, 0.25) is 5.02 Å². The molecule has 3 rings (SSSR count). The first-order valence-electron chi connectivity index (χ1n) is 9.86. The predicted octanol–water partition coefficient (Wildman–Crippen LogP) is 4.48. The van der Waals surface area contributed by atoms with Crippen molar-refractivity contribution in [1.29, 1.82) is 0 Å². The summed E-state index contributed by atoms with van der Waals surface area (Å²) in [5, 5.41) is 15.3. The van der Waals surface area contributed by atoms with Crippen LogP contribution >= 0.6 is 23.4 Å². The molecule has 0 bridgehead atoms. The summed E-state index contributed by atoms with van der Waals surface area (Å²) >= 11 is 7.36. The average Bonchev–Trinajstić information content (AvgIpc) is 3.17. The number of benzene rings is 2. The molecule has 0 saturated heterocycles. The highest BCUT2D eigenvalue weighted by Gasteiger charge is 2.20. The van der Waals surface area contributed by atoms with Crippen LogP contribution in [0.25, 0.3) is 0 Å². The van der Waals surface area contributed by atoms with Crippen LogP contribution in [0, 0.1) is 6.92 Å². The van der Waals surface area contributed by atoms with Crippen LogP contribution in [0.5, 0.6) is 0 Å². The Morgan fingerprint density at radius 1 is 1.13 bits per heavy atom. The molecule has 0 saturated carbocycles. The standard InChI is InChI=1S/C22H24ClN5O2S/c1-4-28-20(15(3)24-21(30)16-11-9-14(2)10-12-16)26-27-22(28)31-13-19(29)25-18-8-6-5-7-17(18)23/h5-12,15H,4,13H2,1-3H3,(H,24,30)(H,25,29)/t15-/m0/s1. The number of aromatic nitrogens is 3. The summed E-state index contributed by atoms with van der Waals surface area (Å²) in [6.07, 6.45) is 0. The maximum absolute atomic E-state index is 12.5. The quantitative estimate of drug-likeness (QED) is 0.487. The molecule has 0 unspecified atom stereocenters. The first-order valence-corrected chi connectivity index (χ1v) is 11.2. The van der Waals surface area contributed by atoms with Gasteiger partial charge in [0, 0.05) is 12.1 Å². The maximum atomic E-state index is 12.5. The molecular weight excluding hydrogens is 434 g/mol. The van der Waals surface area contributed by atoms with Gasteiger partial charge in [0.25, 0.3) is 5.91 Å². The third-order valence-corrected chi connectivity index (χ3v) is 5.89. The van der Waals surface area contributed by atoms with Gasteiger partial charge in [0.05, 0.1) is 22.5 Å². The van der Waals surface area contributed by atoms with Crippen molar-refractivity contribution in [3.05, 3.63) is 70.5 Å². The summed E-state index contributed by atoms with van der Waals surface area (Å²) in [4.78, 5) is 24.8. The fourth-order valence-corrected chi connectivity index (χ4v) is 3.95. The molecule has 2 amide bonds.